The van der Waals surface area contributed by atoms with Crippen LogP contribution in [0.1, 0.15) is 5.56 Å². The molecule has 3 nitrogen and oxygen atoms in total. The molecule has 0 atom stereocenters. The highest BCUT2D eigenvalue weighted by molar-refractivity contribution is 5.83. The summed E-state index contributed by atoms with van der Waals surface area (Å²) in [5.41, 5.74) is 5.29. The molecule has 3 aromatic carbocycles. The van der Waals surface area contributed by atoms with Crippen molar-refractivity contribution in [2.75, 3.05) is 12.4 Å². The lowest BCUT2D eigenvalue weighted by molar-refractivity contribution is 0.306. The first-order chi connectivity index (χ1) is 12.8. The smallest absolute Gasteiger partial charge is 0.120 e. The fourth-order valence-corrected chi connectivity index (χ4v) is 2.90. The summed E-state index contributed by atoms with van der Waals surface area (Å²) in [5.74, 6) is 0.856. The lowest BCUT2D eigenvalue weighted by Gasteiger charge is -2.08. The molecule has 0 saturated carbocycles. The Morgan fingerprint density at radius 1 is 0.846 bits per heavy atom. The fraction of sp³-hybridized carbons (Fsp3) is 0.0870. The Labute approximate surface area is 153 Å². The number of hydrogen-bond donors (Lipinski definition) is 1. The maximum Gasteiger partial charge on any atom is 0.120 e. The Bertz CT molecular complexity index is 1010. The topological polar surface area (TPSA) is 34.1 Å². The van der Waals surface area contributed by atoms with Crippen molar-refractivity contribution < 1.29 is 4.74 Å². The molecule has 0 aliphatic carbocycles. The van der Waals surface area contributed by atoms with E-state index in [1.54, 1.807) is 0 Å². The number of benzene rings is 3. The van der Waals surface area contributed by atoms with Gasteiger partial charge in [0.25, 0.3) is 0 Å². The lowest BCUT2D eigenvalue weighted by atomic mass is 10.1. The van der Waals surface area contributed by atoms with Crippen molar-refractivity contribution in [1.29, 1.82) is 0 Å². The number of pyridine rings is 1. The molecule has 0 fully saturated rings. The first-order valence-electron chi connectivity index (χ1n) is 8.67. The zero-order valence-electron chi connectivity index (χ0n) is 14.6. The first kappa shape index (κ1) is 16.2. The minimum Gasteiger partial charge on any atom is -0.489 e. The van der Waals surface area contributed by atoms with E-state index in [-0.39, 0.29) is 0 Å². The summed E-state index contributed by atoms with van der Waals surface area (Å²) in [6, 6.07) is 28.6. The molecule has 0 spiro atoms. The third kappa shape index (κ3) is 3.52. The summed E-state index contributed by atoms with van der Waals surface area (Å²) < 4.78 is 5.91. The number of nitrogens with zero attached hydrogens (tertiary/aromatic N) is 1. The number of aromatic nitrogens is 1. The molecule has 0 aliphatic rings. The fourth-order valence-electron chi connectivity index (χ4n) is 2.90. The van der Waals surface area contributed by atoms with Crippen LogP contribution in [0.15, 0.2) is 84.9 Å². The Morgan fingerprint density at radius 3 is 2.42 bits per heavy atom. The van der Waals surface area contributed by atoms with Gasteiger partial charge < -0.3 is 10.1 Å². The Hall–Kier alpha value is -3.33. The van der Waals surface area contributed by atoms with E-state index in [9.17, 15) is 0 Å². The molecule has 4 aromatic rings. The summed E-state index contributed by atoms with van der Waals surface area (Å²) in [6.07, 6.45) is 0. The van der Waals surface area contributed by atoms with Gasteiger partial charge in [-0.15, -0.1) is 0 Å². The van der Waals surface area contributed by atoms with E-state index in [1.165, 1.54) is 0 Å². The SMILES string of the molecule is CNc1ccc(-c2ccc3cc(OCc4ccccc4)ccc3n2)cc1. The predicted molar refractivity (Wildman–Crippen MR) is 107 cm³/mol. The van der Waals surface area contributed by atoms with Crippen LogP contribution in [0.3, 0.4) is 0 Å². The number of fused-ring (bicyclic) bond motifs is 1. The van der Waals surface area contributed by atoms with Crippen LogP contribution in [-0.2, 0) is 6.61 Å². The third-order valence-corrected chi connectivity index (χ3v) is 4.38. The van der Waals surface area contributed by atoms with Gasteiger partial charge in [0.15, 0.2) is 0 Å². The molecule has 1 aromatic heterocycles. The van der Waals surface area contributed by atoms with Crippen molar-refractivity contribution in [3.63, 3.8) is 0 Å². The van der Waals surface area contributed by atoms with Gasteiger partial charge in [0.1, 0.15) is 12.4 Å². The second-order valence-electron chi connectivity index (χ2n) is 6.15. The summed E-state index contributed by atoms with van der Waals surface area (Å²) in [5, 5.41) is 4.21. The van der Waals surface area contributed by atoms with Crippen LogP contribution in [0, 0.1) is 0 Å². The van der Waals surface area contributed by atoms with Crippen molar-refractivity contribution in [3.05, 3.63) is 90.5 Å². The van der Waals surface area contributed by atoms with Gasteiger partial charge in [0, 0.05) is 23.7 Å². The Kier molecular flexibility index (Phi) is 4.52. The van der Waals surface area contributed by atoms with Crippen molar-refractivity contribution in [2.45, 2.75) is 6.61 Å². The summed E-state index contributed by atoms with van der Waals surface area (Å²) in [7, 11) is 1.92. The molecule has 0 radical (unpaired) electrons. The van der Waals surface area contributed by atoms with E-state index in [4.69, 9.17) is 9.72 Å². The second kappa shape index (κ2) is 7.28. The van der Waals surface area contributed by atoms with Gasteiger partial charge in [-0.2, -0.15) is 0 Å². The van der Waals surface area contributed by atoms with Gasteiger partial charge in [-0.1, -0.05) is 48.5 Å². The van der Waals surface area contributed by atoms with E-state index >= 15 is 0 Å². The molecule has 0 saturated heterocycles. The van der Waals surface area contributed by atoms with Gasteiger partial charge in [0.05, 0.1) is 11.2 Å². The van der Waals surface area contributed by atoms with Gasteiger partial charge in [-0.25, -0.2) is 4.98 Å². The third-order valence-electron chi connectivity index (χ3n) is 4.38. The average Bonchev–Trinajstić information content (AvgIpc) is 2.72. The van der Waals surface area contributed by atoms with Crippen LogP contribution in [0.5, 0.6) is 5.75 Å². The molecule has 0 bridgehead atoms. The largest absolute Gasteiger partial charge is 0.489 e. The predicted octanol–water partition coefficient (Wildman–Crippen LogP) is 5.52. The molecule has 26 heavy (non-hydrogen) atoms. The van der Waals surface area contributed by atoms with Gasteiger partial charge in [0.2, 0.25) is 0 Å². The van der Waals surface area contributed by atoms with Gasteiger partial charge >= 0.3 is 0 Å². The Balaban J connectivity index is 1.55. The number of ether oxygens (including phenoxy) is 1. The number of rotatable bonds is 5. The molecule has 0 aliphatic heterocycles. The van der Waals surface area contributed by atoms with Gasteiger partial charge in [-0.05, 0) is 42.0 Å². The van der Waals surface area contributed by atoms with Crippen molar-refractivity contribution >= 4 is 16.6 Å². The van der Waals surface area contributed by atoms with E-state index in [2.05, 4.69) is 53.8 Å². The van der Waals surface area contributed by atoms with E-state index in [0.717, 1.165) is 39.2 Å². The first-order valence-corrected chi connectivity index (χ1v) is 8.67. The molecular formula is C23H20N2O. The zero-order valence-corrected chi connectivity index (χ0v) is 14.6. The van der Waals surface area contributed by atoms with Crippen molar-refractivity contribution in [1.82, 2.24) is 4.98 Å². The van der Waals surface area contributed by atoms with Crippen molar-refractivity contribution in [3.8, 4) is 17.0 Å². The molecule has 128 valence electrons. The highest BCUT2D eigenvalue weighted by Crippen LogP contribution is 2.25. The molecule has 1 heterocycles. The monoisotopic (exact) mass is 340 g/mol. The van der Waals surface area contributed by atoms with E-state index in [0.29, 0.717) is 6.61 Å². The highest BCUT2D eigenvalue weighted by Gasteiger charge is 2.04. The molecular weight excluding hydrogens is 320 g/mol. The van der Waals surface area contributed by atoms with Crippen LogP contribution in [0.4, 0.5) is 5.69 Å². The quantitative estimate of drug-likeness (QED) is 0.519. The van der Waals surface area contributed by atoms with Crippen molar-refractivity contribution in [2.24, 2.45) is 0 Å². The summed E-state index contributed by atoms with van der Waals surface area (Å²) in [4.78, 5) is 4.78. The summed E-state index contributed by atoms with van der Waals surface area (Å²) in [6.45, 7) is 0.565. The van der Waals surface area contributed by atoms with Crippen LogP contribution in [0.25, 0.3) is 22.2 Å². The van der Waals surface area contributed by atoms with Crippen LogP contribution in [0.2, 0.25) is 0 Å². The van der Waals surface area contributed by atoms with Crippen LogP contribution in [-0.4, -0.2) is 12.0 Å². The normalized spacial score (nSPS) is 10.7. The number of hydrogen-bond acceptors (Lipinski definition) is 3. The average molecular weight is 340 g/mol. The molecule has 0 unspecified atom stereocenters. The minimum absolute atomic E-state index is 0.565. The molecule has 4 rings (SSSR count). The molecule has 1 N–H and O–H groups in total. The maximum atomic E-state index is 5.91. The van der Waals surface area contributed by atoms with E-state index in [1.807, 2.05) is 43.4 Å². The Morgan fingerprint density at radius 2 is 1.65 bits per heavy atom. The number of anilines is 1. The number of nitrogens with one attached hydrogen (secondary N) is 1. The minimum atomic E-state index is 0.565. The van der Waals surface area contributed by atoms with Crippen LogP contribution >= 0.6 is 0 Å². The van der Waals surface area contributed by atoms with E-state index < -0.39 is 0 Å². The van der Waals surface area contributed by atoms with Gasteiger partial charge in [-0.3, -0.25) is 0 Å². The summed E-state index contributed by atoms with van der Waals surface area (Å²) >= 11 is 0. The molecule has 3 heteroatoms. The maximum absolute atomic E-state index is 5.91. The van der Waals surface area contributed by atoms with Crippen LogP contribution < -0.4 is 10.1 Å². The lowest BCUT2D eigenvalue weighted by Crippen LogP contribution is -1.95. The molecule has 0 amide bonds. The highest BCUT2D eigenvalue weighted by atomic mass is 16.5. The zero-order chi connectivity index (χ0) is 17.8. The standard InChI is InChI=1S/C23H20N2O/c1-24-20-10-7-18(8-11-20)22-13-9-19-15-21(12-14-23(19)25-22)26-16-17-5-3-2-4-6-17/h2-15,24H,16H2,1H3. The second-order valence-corrected chi connectivity index (χ2v) is 6.15.